The van der Waals surface area contributed by atoms with E-state index in [1.807, 2.05) is 4.90 Å². The molecule has 3 N–H and O–H groups in total. The van der Waals surface area contributed by atoms with Gasteiger partial charge in [-0.05, 0) is 18.4 Å². The molecule has 140 valence electrons. The van der Waals surface area contributed by atoms with Crippen molar-refractivity contribution in [1.29, 1.82) is 0 Å². The minimum atomic E-state index is -4.42. The SMILES string of the molecule is O[C@H]1[C@H](O)CN(C[C@H]2CCN(c3cnccc3C(F)(F)F)C2)C[C@@H]1O. The van der Waals surface area contributed by atoms with Crippen molar-refractivity contribution in [1.82, 2.24) is 9.88 Å². The molecule has 2 aliphatic rings. The lowest BCUT2D eigenvalue weighted by atomic mass is 10.00. The Labute approximate surface area is 143 Å². The van der Waals surface area contributed by atoms with Gasteiger partial charge in [-0.25, -0.2) is 0 Å². The third-order valence-corrected chi connectivity index (χ3v) is 4.93. The number of aromatic nitrogens is 1. The zero-order valence-electron chi connectivity index (χ0n) is 13.6. The van der Waals surface area contributed by atoms with Gasteiger partial charge < -0.3 is 20.2 Å². The maximum absolute atomic E-state index is 13.2. The molecule has 2 fully saturated rings. The van der Waals surface area contributed by atoms with E-state index in [9.17, 15) is 28.5 Å². The Balaban J connectivity index is 1.63. The van der Waals surface area contributed by atoms with Crippen LogP contribution in [0.2, 0.25) is 0 Å². The van der Waals surface area contributed by atoms with E-state index in [4.69, 9.17) is 0 Å². The Morgan fingerprint density at radius 1 is 1.12 bits per heavy atom. The average molecular weight is 361 g/mol. The highest BCUT2D eigenvalue weighted by atomic mass is 19.4. The Morgan fingerprint density at radius 3 is 2.44 bits per heavy atom. The van der Waals surface area contributed by atoms with Gasteiger partial charge in [-0.2, -0.15) is 13.2 Å². The summed E-state index contributed by atoms with van der Waals surface area (Å²) in [5, 5.41) is 29.1. The number of nitrogens with zero attached hydrogens (tertiary/aromatic N) is 3. The van der Waals surface area contributed by atoms with Gasteiger partial charge in [0.15, 0.2) is 0 Å². The van der Waals surface area contributed by atoms with E-state index in [0.717, 1.165) is 18.7 Å². The van der Waals surface area contributed by atoms with Gasteiger partial charge in [0.2, 0.25) is 0 Å². The highest BCUT2D eigenvalue weighted by Gasteiger charge is 2.38. The van der Waals surface area contributed by atoms with E-state index < -0.39 is 30.1 Å². The fourth-order valence-corrected chi connectivity index (χ4v) is 3.67. The van der Waals surface area contributed by atoms with Gasteiger partial charge >= 0.3 is 6.18 Å². The number of aliphatic hydroxyl groups excluding tert-OH is 3. The molecule has 2 aliphatic heterocycles. The summed E-state index contributed by atoms with van der Waals surface area (Å²) < 4.78 is 39.5. The number of likely N-dealkylation sites (tertiary alicyclic amines) is 1. The largest absolute Gasteiger partial charge is 0.418 e. The van der Waals surface area contributed by atoms with Crippen molar-refractivity contribution >= 4 is 5.69 Å². The lowest BCUT2D eigenvalue weighted by Crippen LogP contribution is -2.56. The molecule has 0 aliphatic carbocycles. The quantitative estimate of drug-likeness (QED) is 0.720. The first-order valence-corrected chi connectivity index (χ1v) is 8.28. The molecule has 1 aromatic rings. The number of aliphatic hydroxyl groups is 3. The van der Waals surface area contributed by atoms with Gasteiger partial charge in [-0.1, -0.05) is 0 Å². The van der Waals surface area contributed by atoms with Crippen LogP contribution in [-0.4, -0.2) is 76.2 Å². The predicted molar refractivity (Wildman–Crippen MR) is 84.0 cm³/mol. The van der Waals surface area contributed by atoms with E-state index in [2.05, 4.69) is 4.98 Å². The summed E-state index contributed by atoms with van der Waals surface area (Å²) in [7, 11) is 0. The molecule has 0 amide bonds. The summed E-state index contributed by atoms with van der Waals surface area (Å²) in [6, 6.07) is 0.987. The first-order valence-electron chi connectivity index (χ1n) is 8.28. The highest BCUT2D eigenvalue weighted by Crippen LogP contribution is 2.37. The number of hydrogen-bond donors (Lipinski definition) is 3. The van der Waals surface area contributed by atoms with E-state index in [1.165, 1.54) is 6.20 Å². The van der Waals surface area contributed by atoms with Crippen LogP contribution in [0.5, 0.6) is 0 Å². The molecule has 2 saturated heterocycles. The number of rotatable bonds is 3. The van der Waals surface area contributed by atoms with Gasteiger partial charge in [0.1, 0.15) is 6.10 Å². The van der Waals surface area contributed by atoms with Gasteiger partial charge in [0, 0.05) is 38.9 Å². The number of hydrogen-bond acceptors (Lipinski definition) is 6. The number of pyridine rings is 1. The second-order valence-electron chi connectivity index (χ2n) is 6.84. The second kappa shape index (κ2) is 7.06. The van der Waals surface area contributed by atoms with Crippen molar-refractivity contribution < 1.29 is 28.5 Å². The second-order valence-corrected chi connectivity index (χ2v) is 6.84. The molecule has 3 rings (SSSR count). The van der Waals surface area contributed by atoms with Crippen molar-refractivity contribution in [3.05, 3.63) is 24.0 Å². The van der Waals surface area contributed by atoms with E-state index in [0.29, 0.717) is 19.6 Å². The Morgan fingerprint density at radius 2 is 1.80 bits per heavy atom. The molecular weight excluding hydrogens is 339 g/mol. The first-order chi connectivity index (χ1) is 11.8. The van der Waals surface area contributed by atoms with Crippen LogP contribution < -0.4 is 4.90 Å². The molecule has 6 nitrogen and oxygen atoms in total. The molecule has 3 heterocycles. The zero-order chi connectivity index (χ0) is 18.2. The van der Waals surface area contributed by atoms with Crippen molar-refractivity contribution in [3.63, 3.8) is 0 Å². The van der Waals surface area contributed by atoms with Gasteiger partial charge in [-0.3, -0.25) is 9.88 Å². The Kier molecular flexibility index (Phi) is 5.19. The molecule has 4 atom stereocenters. The summed E-state index contributed by atoms with van der Waals surface area (Å²) in [5.41, 5.74) is -0.596. The molecule has 0 saturated carbocycles. The molecule has 0 spiro atoms. The van der Waals surface area contributed by atoms with Crippen LogP contribution in [0.3, 0.4) is 0 Å². The number of piperidine rings is 1. The van der Waals surface area contributed by atoms with Crippen molar-refractivity contribution in [2.75, 3.05) is 37.6 Å². The van der Waals surface area contributed by atoms with Crippen LogP contribution in [0, 0.1) is 5.92 Å². The summed E-state index contributed by atoms with van der Waals surface area (Å²) in [6.07, 6.45) is -4.50. The maximum atomic E-state index is 13.2. The monoisotopic (exact) mass is 361 g/mol. The van der Waals surface area contributed by atoms with Crippen LogP contribution in [0.25, 0.3) is 0 Å². The molecule has 0 bridgehead atoms. The summed E-state index contributed by atoms with van der Waals surface area (Å²) >= 11 is 0. The van der Waals surface area contributed by atoms with Crippen LogP contribution in [0.1, 0.15) is 12.0 Å². The van der Waals surface area contributed by atoms with E-state index >= 15 is 0 Å². The van der Waals surface area contributed by atoms with Gasteiger partial charge in [0.05, 0.1) is 29.7 Å². The summed E-state index contributed by atoms with van der Waals surface area (Å²) in [4.78, 5) is 7.36. The van der Waals surface area contributed by atoms with Crippen LogP contribution >= 0.6 is 0 Å². The smallest absolute Gasteiger partial charge is 0.389 e. The summed E-state index contributed by atoms with van der Waals surface area (Å²) in [6.45, 7) is 2.00. The number of alkyl halides is 3. The van der Waals surface area contributed by atoms with Crippen molar-refractivity contribution in [2.45, 2.75) is 30.9 Å². The Hall–Kier alpha value is -1.42. The molecule has 1 aromatic heterocycles. The molecule has 0 radical (unpaired) electrons. The van der Waals surface area contributed by atoms with Crippen molar-refractivity contribution in [3.8, 4) is 0 Å². The topological polar surface area (TPSA) is 80.1 Å². The lowest BCUT2D eigenvalue weighted by Gasteiger charge is -2.38. The third-order valence-electron chi connectivity index (χ3n) is 4.93. The number of halogens is 3. The minimum absolute atomic E-state index is 0.0895. The van der Waals surface area contributed by atoms with Gasteiger partial charge in [0.25, 0.3) is 0 Å². The molecule has 0 unspecified atom stereocenters. The number of β-amino-alcohol motifs (C(OH)–C–C–N with tert-alkyl or cyclic N) is 2. The van der Waals surface area contributed by atoms with E-state index in [-0.39, 0.29) is 24.7 Å². The third kappa shape index (κ3) is 4.05. The van der Waals surface area contributed by atoms with Crippen molar-refractivity contribution in [2.24, 2.45) is 5.92 Å². The van der Waals surface area contributed by atoms with E-state index in [1.54, 1.807) is 4.90 Å². The summed E-state index contributed by atoms with van der Waals surface area (Å²) in [5.74, 6) is 0.121. The van der Waals surface area contributed by atoms with Crippen LogP contribution in [0.4, 0.5) is 18.9 Å². The molecule has 25 heavy (non-hydrogen) atoms. The normalized spacial score (nSPS) is 31.5. The predicted octanol–water partition coefficient (Wildman–Crippen LogP) is 0.325. The van der Waals surface area contributed by atoms with Crippen LogP contribution in [0.15, 0.2) is 18.5 Å². The van der Waals surface area contributed by atoms with Gasteiger partial charge in [-0.15, -0.1) is 0 Å². The first kappa shape index (κ1) is 18.4. The molecular formula is C16H22F3N3O3. The lowest BCUT2D eigenvalue weighted by molar-refractivity contribution is -0.137. The standard InChI is InChI=1S/C16H22F3N3O3/c17-16(18,19)11-1-3-20-5-12(11)22-4-2-10(7-22)6-21-8-13(23)15(25)14(24)9-21/h1,3,5,10,13-15,23-25H,2,4,6-9H2/t10-,13-,14+,15+/m1/s1. The maximum Gasteiger partial charge on any atom is 0.418 e. The molecule has 0 aromatic carbocycles. The fourth-order valence-electron chi connectivity index (χ4n) is 3.67. The van der Waals surface area contributed by atoms with Crippen LogP contribution in [-0.2, 0) is 6.18 Å². The Bertz CT molecular complexity index is 589. The average Bonchev–Trinajstić information content (AvgIpc) is 3.00. The molecule has 9 heteroatoms. The zero-order valence-corrected chi connectivity index (χ0v) is 13.6. The fraction of sp³-hybridized carbons (Fsp3) is 0.688. The number of anilines is 1. The highest BCUT2D eigenvalue weighted by molar-refractivity contribution is 5.53. The minimum Gasteiger partial charge on any atom is -0.389 e.